The average molecular weight is 361 g/mol. The Bertz CT molecular complexity index is 968. The number of nitrogens with one attached hydrogen (secondary N) is 2. The highest BCUT2D eigenvalue weighted by molar-refractivity contribution is 6.07. The molecule has 0 aliphatic rings. The van der Waals surface area contributed by atoms with Gasteiger partial charge in [-0.1, -0.05) is 37.3 Å². The maximum atomic E-state index is 12.5. The van der Waals surface area contributed by atoms with Gasteiger partial charge in [0.25, 0.3) is 5.91 Å². The highest BCUT2D eigenvalue weighted by atomic mass is 16.4. The Hall–Kier alpha value is -3.67. The fraction of sp³-hybridized carbons (Fsp3) is 0.0952. The van der Waals surface area contributed by atoms with Gasteiger partial charge in [0, 0.05) is 17.3 Å². The van der Waals surface area contributed by atoms with E-state index in [2.05, 4.69) is 22.5 Å². The Balaban J connectivity index is 1.80. The van der Waals surface area contributed by atoms with E-state index in [0.29, 0.717) is 16.9 Å². The molecule has 3 rings (SSSR count). The molecule has 0 fully saturated rings. The third-order valence-corrected chi connectivity index (χ3v) is 4.11. The van der Waals surface area contributed by atoms with Crippen molar-refractivity contribution in [3.05, 3.63) is 78.0 Å². The molecular formula is C21H19N3O3. The number of anilines is 2. The first-order chi connectivity index (χ1) is 13.1. The number of carbonyl (C=O) groups excluding carboxylic acids is 1. The van der Waals surface area contributed by atoms with E-state index in [9.17, 15) is 9.59 Å². The van der Waals surface area contributed by atoms with Crippen molar-refractivity contribution in [2.45, 2.75) is 13.3 Å². The summed E-state index contributed by atoms with van der Waals surface area (Å²) in [6, 6.07) is 17.8. The number of rotatable bonds is 5. The van der Waals surface area contributed by atoms with Crippen LogP contribution in [-0.2, 0) is 6.42 Å². The summed E-state index contributed by atoms with van der Waals surface area (Å²) in [4.78, 5) is 27.8. The van der Waals surface area contributed by atoms with Gasteiger partial charge in [-0.15, -0.1) is 0 Å². The quantitative estimate of drug-likeness (QED) is 0.617. The second kappa shape index (κ2) is 8.14. The van der Waals surface area contributed by atoms with Crippen molar-refractivity contribution in [3.63, 3.8) is 0 Å². The van der Waals surface area contributed by atoms with Crippen LogP contribution in [0, 0.1) is 0 Å². The minimum Gasteiger partial charge on any atom is -0.465 e. The van der Waals surface area contributed by atoms with E-state index in [1.807, 2.05) is 24.3 Å². The largest absolute Gasteiger partial charge is 0.465 e. The van der Waals surface area contributed by atoms with Gasteiger partial charge in [-0.25, -0.2) is 4.79 Å². The molecule has 0 unspecified atom stereocenters. The molecule has 0 atom stereocenters. The molecule has 1 heterocycles. The number of aromatic nitrogens is 1. The first-order valence-corrected chi connectivity index (χ1v) is 8.53. The number of carbonyl (C=O) groups is 2. The number of pyridine rings is 1. The molecule has 27 heavy (non-hydrogen) atoms. The third-order valence-electron chi connectivity index (χ3n) is 4.11. The average Bonchev–Trinajstić information content (AvgIpc) is 2.69. The SMILES string of the molecule is CCc1cccnc1-c1ccc(C(=O)Nc2ccccc2NC(=O)O)cc1. The molecule has 6 nitrogen and oxygen atoms in total. The van der Waals surface area contributed by atoms with E-state index >= 15 is 0 Å². The lowest BCUT2D eigenvalue weighted by Crippen LogP contribution is -2.15. The molecule has 0 saturated carbocycles. The van der Waals surface area contributed by atoms with E-state index in [-0.39, 0.29) is 5.91 Å². The Morgan fingerprint density at radius 3 is 2.22 bits per heavy atom. The van der Waals surface area contributed by atoms with Gasteiger partial charge in [-0.05, 0) is 42.3 Å². The number of hydrogen-bond donors (Lipinski definition) is 3. The molecule has 0 spiro atoms. The Labute approximate surface area is 156 Å². The predicted octanol–water partition coefficient (Wildman–Crippen LogP) is 4.65. The van der Waals surface area contributed by atoms with Crippen molar-refractivity contribution < 1.29 is 14.7 Å². The third kappa shape index (κ3) is 4.30. The van der Waals surface area contributed by atoms with Gasteiger partial charge in [0.1, 0.15) is 0 Å². The van der Waals surface area contributed by atoms with Crippen molar-refractivity contribution in [1.82, 2.24) is 4.98 Å². The van der Waals surface area contributed by atoms with Gasteiger partial charge in [-0.3, -0.25) is 15.1 Å². The number of amides is 2. The minimum absolute atomic E-state index is 0.316. The van der Waals surface area contributed by atoms with E-state index in [1.54, 1.807) is 42.6 Å². The van der Waals surface area contributed by atoms with Crippen LogP contribution in [0.1, 0.15) is 22.8 Å². The van der Waals surface area contributed by atoms with E-state index < -0.39 is 6.09 Å². The smallest absolute Gasteiger partial charge is 0.409 e. The van der Waals surface area contributed by atoms with Crippen LogP contribution in [0.2, 0.25) is 0 Å². The van der Waals surface area contributed by atoms with E-state index in [4.69, 9.17) is 5.11 Å². The normalized spacial score (nSPS) is 10.3. The lowest BCUT2D eigenvalue weighted by Gasteiger charge is -2.11. The van der Waals surface area contributed by atoms with Crippen molar-refractivity contribution in [3.8, 4) is 11.3 Å². The number of carboxylic acid groups (broad SMARTS) is 1. The summed E-state index contributed by atoms with van der Waals surface area (Å²) in [5, 5.41) is 13.9. The molecule has 2 amide bonds. The molecule has 0 aliphatic heterocycles. The number of hydrogen-bond acceptors (Lipinski definition) is 3. The van der Waals surface area contributed by atoms with Crippen LogP contribution in [0.3, 0.4) is 0 Å². The van der Waals surface area contributed by atoms with Crippen LogP contribution in [0.5, 0.6) is 0 Å². The van der Waals surface area contributed by atoms with Gasteiger partial charge in [0.2, 0.25) is 0 Å². The van der Waals surface area contributed by atoms with Gasteiger partial charge in [0.15, 0.2) is 0 Å². The molecule has 1 aromatic heterocycles. The Morgan fingerprint density at radius 2 is 1.59 bits per heavy atom. The van der Waals surface area contributed by atoms with Gasteiger partial charge in [0.05, 0.1) is 17.1 Å². The number of benzene rings is 2. The lowest BCUT2D eigenvalue weighted by atomic mass is 10.0. The van der Waals surface area contributed by atoms with Crippen LogP contribution in [-0.4, -0.2) is 22.1 Å². The summed E-state index contributed by atoms with van der Waals surface area (Å²) in [7, 11) is 0. The molecule has 0 aliphatic carbocycles. The van der Waals surface area contributed by atoms with Crippen LogP contribution < -0.4 is 10.6 Å². The van der Waals surface area contributed by atoms with Crippen LogP contribution in [0.25, 0.3) is 11.3 Å². The fourth-order valence-corrected chi connectivity index (χ4v) is 2.77. The maximum Gasteiger partial charge on any atom is 0.409 e. The standard InChI is InChI=1S/C21H19N3O3/c1-2-14-6-5-13-22-19(14)15-9-11-16(12-10-15)20(25)23-17-7-3-4-8-18(17)24-21(26)27/h3-13,24H,2H2,1H3,(H,23,25)(H,26,27). The van der Waals surface area contributed by atoms with Gasteiger partial charge >= 0.3 is 6.09 Å². The van der Waals surface area contributed by atoms with Crippen LogP contribution >= 0.6 is 0 Å². The lowest BCUT2D eigenvalue weighted by molar-refractivity contribution is 0.102. The zero-order valence-electron chi connectivity index (χ0n) is 14.8. The summed E-state index contributed by atoms with van der Waals surface area (Å²) in [5.41, 5.74) is 4.17. The van der Waals surface area contributed by atoms with Crippen LogP contribution in [0.4, 0.5) is 16.2 Å². The first kappa shape index (κ1) is 18.1. The van der Waals surface area contributed by atoms with E-state index in [0.717, 1.165) is 23.2 Å². The molecule has 136 valence electrons. The number of aryl methyl sites for hydroxylation is 1. The topological polar surface area (TPSA) is 91.3 Å². The molecule has 3 aromatic rings. The Kier molecular flexibility index (Phi) is 5.47. The summed E-state index contributed by atoms with van der Waals surface area (Å²) in [6.07, 6.45) is 1.43. The summed E-state index contributed by atoms with van der Waals surface area (Å²) >= 11 is 0. The second-order valence-electron chi connectivity index (χ2n) is 5.87. The minimum atomic E-state index is -1.19. The summed E-state index contributed by atoms with van der Waals surface area (Å²) < 4.78 is 0. The van der Waals surface area contributed by atoms with Crippen LogP contribution in [0.15, 0.2) is 66.9 Å². The molecule has 0 bridgehead atoms. The molecule has 2 aromatic carbocycles. The van der Waals surface area contributed by atoms with Gasteiger partial charge < -0.3 is 10.4 Å². The van der Waals surface area contributed by atoms with Crippen molar-refractivity contribution in [2.24, 2.45) is 0 Å². The monoisotopic (exact) mass is 361 g/mol. The molecule has 0 saturated heterocycles. The number of para-hydroxylation sites is 2. The zero-order valence-corrected chi connectivity index (χ0v) is 14.8. The fourth-order valence-electron chi connectivity index (χ4n) is 2.77. The number of nitrogens with zero attached hydrogens (tertiary/aromatic N) is 1. The summed E-state index contributed by atoms with van der Waals surface area (Å²) in [6.45, 7) is 2.07. The molecule has 6 heteroatoms. The van der Waals surface area contributed by atoms with Crippen molar-refractivity contribution in [1.29, 1.82) is 0 Å². The molecule has 3 N–H and O–H groups in total. The molecular weight excluding hydrogens is 342 g/mol. The second-order valence-corrected chi connectivity index (χ2v) is 5.87. The predicted molar refractivity (Wildman–Crippen MR) is 105 cm³/mol. The highest BCUT2D eigenvalue weighted by Gasteiger charge is 2.11. The first-order valence-electron chi connectivity index (χ1n) is 8.53. The van der Waals surface area contributed by atoms with Crippen molar-refractivity contribution >= 4 is 23.4 Å². The highest BCUT2D eigenvalue weighted by Crippen LogP contribution is 2.24. The molecule has 0 radical (unpaired) electrons. The Morgan fingerprint density at radius 1 is 0.926 bits per heavy atom. The zero-order chi connectivity index (χ0) is 19.2. The maximum absolute atomic E-state index is 12.5. The van der Waals surface area contributed by atoms with E-state index in [1.165, 1.54) is 0 Å². The van der Waals surface area contributed by atoms with Crippen molar-refractivity contribution in [2.75, 3.05) is 10.6 Å². The summed E-state index contributed by atoms with van der Waals surface area (Å²) in [5.74, 6) is -0.321. The van der Waals surface area contributed by atoms with Gasteiger partial charge in [-0.2, -0.15) is 0 Å².